The average Bonchev–Trinajstić information content (AvgIpc) is 1.88. The minimum Gasteiger partial charge on any atom is -0.462 e. The average molecular weight is 1210 g/mol. The fourth-order valence-corrected chi connectivity index (χ4v) is 16.5. The molecule has 0 aromatic rings. The Morgan fingerprint density at radius 1 is 0.655 bits per heavy atom. The van der Waals surface area contributed by atoms with Gasteiger partial charge in [0.1, 0.15) is 31.0 Å². The molecule has 0 aromatic carbocycles. The molecule has 4 N–H and O–H groups in total. The van der Waals surface area contributed by atoms with E-state index in [1.165, 1.54) is 147 Å². The number of aliphatic hydroxyl groups excluding tert-OH is 3. The van der Waals surface area contributed by atoms with E-state index in [4.69, 9.17) is 28.0 Å². The van der Waals surface area contributed by atoms with Crippen molar-refractivity contribution in [2.45, 2.75) is 342 Å². The zero-order valence-electron chi connectivity index (χ0n) is 54.3. The van der Waals surface area contributed by atoms with E-state index < -0.39 is 69.8 Å². The van der Waals surface area contributed by atoms with E-state index in [0.29, 0.717) is 36.5 Å². The number of allylic oxidation sites excluding steroid dienone is 3. The first-order valence-electron chi connectivity index (χ1n) is 35.1. The molecule has 14 heteroatoms. The highest BCUT2D eigenvalue weighted by atomic mass is 31.2. The van der Waals surface area contributed by atoms with Gasteiger partial charge in [-0.25, -0.2) is 4.57 Å². The van der Waals surface area contributed by atoms with Gasteiger partial charge in [-0.05, 0) is 136 Å². The van der Waals surface area contributed by atoms with Gasteiger partial charge in [-0.1, -0.05) is 220 Å². The van der Waals surface area contributed by atoms with Gasteiger partial charge < -0.3 is 39.2 Å². The third-order valence-corrected chi connectivity index (χ3v) is 21.9. The quantitative estimate of drug-likeness (QED) is 0.0195. The first kappa shape index (κ1) is 73.1. The Kier molecular flexibility index (Phi) is 34.3. The van der Waals surface area contributed by atoms with Crippen molar-refractivity contribution in [1.29, 1.82) is 0 Å². The Morgan fingerprint density at radius 3 is 1.82 bits per heavy atom. The lowest BCUT2D eigenvalue weighted by molar-refractivity contribution is -0.312. The molecule has 5 rings (SSSR count). The van der Waals surface area contributed by atoms with E-state index in [1.54, 1.807) is 0 Å². The second kappa shape index (κ2) is 39.5. The highest BCUT2D eigenvalue weighted by Gasteiger charge is 2.59. The van der Waals surface area contributed by atoms with Crippen molar-refractivity contribution in [3.8, 4) is 0 Å². The van der Waals surface area contributed by atoms with Crippen molar-refractivity contribution < 1.29 is 62.4 Å². The van der Waals surface area contributed by atoms with Gasteiger partial charge in [0, 0.05) is 12.8 Å². The molecule has 4 fully saturated rings. The number of aliphatic hydroxyl groups is 3. The summed E-state index contributed by atoms with van der Waals surface area (Å²) in [7, 11) is -4.90. The van der Waals surface area contributed by atoms with Crippen LogP contribution in [0.25, 0.3) is 0 Å². The molecule has 1 aliphatic heterocycles. The summed E-state index contributed by atoms with van der Waals surface area (Å²) < 4.78 is 47.8. The maximum atomic E-state index is 13.4. The first-order valence-corrected chi connectivity index (χ1v) is 36.6. The number of phosphoric acid groups is 1. The fraction of sp³-hybridized carbons (Fsp3) is 0.914. The third-order valence-electron chi connectivity index (χ3n) is 20.9. The number of esters is 2. The van der Waals surface area contributed by atoms with Crippen LogP contribution in [0.5, 0.6) is 0 Å². The summed E-state index contributed by atoms with van der Waals surface area (Å²) in [4.78, 5) is 36.9. The molecule has 1 saturated heterocycles. The molecular weight excluding hydrogens is 1080 g/mol. The topological polar surface area (TPSA) is 188 Å². The normalized spacial score (nSPS) is 30.1. The molecule has 0 radical (unpaired) electrons. The highest BCUT2D eigenvalue weighted by Crippen LogP contribution is 2.67. The van der Waals surface area contributed by atoms with E-state index in [0.717, 1.165) is 101 Å². The second-order valence-electron chi connectivity index (χ2n) is 28.0. The monoisotopic (exact) mass is 1200 g/mol. The molecule has 0 spiro atoms. The lowest BCUT2D eigenvalue weighted by Gasteiger charge is -2.58. The zero-order chi connectivity index (χ0) is 60.8. The number of carbonyl (C=O) groups is 2. The van der Waals surface area contributed by atoms with Gasteiger partial charge in [0.15, 0.2) is 12.4 Å². The molecule has 13 nitrogen and oxygen atoms in total. The Bertz CT molecular complexity index is 1930. The molecular formula is C70H125O13P. The molecule has 5 aliphatic rings. The van der Waals surface area contributed by atoms with E-state index in [2.05, 4.69) is 66.7 Å². The van der Waals surface area contributed by atoms with Crippen LogP contribution in [-0.4, -0.2) is 94.9 Å². The number of unbranched alkanes of at least 4 members (excludes halogenated alkanes) is 23. The van der Waals surface area contributed by atoms with Crippen LogP contribution in [0.3, 0.4) is 0 Å². The molecule has 15 atom stereocenters. The largest absolute Gasteiger partial charge is 0.472 e. The minimum atomic E-state index is -4.90. The van der Waals surface area contributed by atoms with Gasteiger partial charge in [-0.15, -0.1) is 0 Å². The number of phosphoric ester groups is 1. The number of carbonyl (C=O) groups excluding carboxylic acids is 2. The smallest absolute Gasteiger partial charge is 0.462 e. The van der Waals surface area contributed by atoms with Gasteiger partial charge in [-0.3, -0.25) is 18.6 Å². The molecule has 84 heavy (non-hydrogen) atoms. The first-order chi connectivity index (χ1) is 40.4. The summed E-state index contributed by atoms with van der Waals surface area (Å²) in [6.07, 6.45) is 41.1. The predicted molar refractivity (Wildman–Crippen MR) is 337 cm³/mol. The van der Waals surface area contributed by atoms with Crippen LogP contribution in [0.2, 0.25) is 0 Å². The van der Waals surface area contributed by atoms with Crippen LogP contribution < -0.4 is 0 Å². The van der Waals surface area contributed by atoms with Crippen molar-refractivity contribution in [3.05, 3.63) is 23.8 Å². The highest BCUT2D eigenvalue weighted by molar-refractivity contribution is 7.47. The second-order valence-corrected chi connectivity index (χ2v) is 29.4. The molecule has 0 aromatic heterocycles. The van der Waals surface area contributed by atoms with Crippen molar-refractivity contribution in [3.63, 3.8) is 0 Å². The summed E-state index contributed by atoms with van der Waals surface area (Å²) in [6, 6.07) is 0. The van der Waals surface area contributed by atoms with Crippen molar-refractivity contribution in [2.75, 3.05) is 19.8 Å². The van der Waals surface area contributed by atoms with Crippen molar-refractivity contribution >= 4 is 19.8 Å². The van der Waals surface area contributed by atoms with Gasteiger partial charge in [0.2, 0.25) is 0 Å². The molecule has 1 heterocycles. The molecule has 0 amide bonds. The lowest BCUT2D eigenvalue weighted by atomic mass is 9.47. The number of rotatable bonds is 45. The van der Waals surface area contributed by atoms with Gasteiger partial charge in [0.25, 0.3) is 0 Å². The van der Waals surface area contributed by atoms with Gasteiger partial charge in [-0.2, -0.15) is 0 Å². The van der Waals surface area contributed by atoms with Crippen molar-refractivity contribution in [2.24, 2.45) is 46.3 Å². The summed E-state index contributed by atoms with van der Waals surface area (Å²) in [5.41, 5.74) is 1.87. The molecule has 0 bridgehead atoms. The Labute approximate surface area is 511 Å². The van der Waals surface area contributed by atoms with Crippen LogP contribution in [0.15, 0.2) is 23.8 Å². The number of ether oxygens (including phenoxy) is 4. The predicted octanol–water partition coefficient (Wildman–Crippen LogP) is 17.3. The molecule has 3 saturated carbocycles. The van der Waals surface area contributed by atoms with Crippen LogP contribution in [0, 0.1) is 46.3 Å². The van der Waals surface area contributed by atoms with Crippen LogP contribution in [0.4, 0.5) is 0 Å². The summed E-state index contributed by atoms with van der Waals surface area (Å²) in [5, 5.41) is 33.2. The van der Waals surface area contributed by atoms with E-state index in [1.807, 2.05) is 0 Å². The summed E-state index contributed by atoms with van der Waals surface area (Å²) in [5.74, 6) is 3.40. The Hall–Kier alpha value is -1.67. The van der Waals surface area contributed by atoms with Crippen LogP contribution >= 0.6 is 7.82 Å². The Balaban J connectivity index is 1.06. The number of hydrogen-bond acceptors (Lipinski definition) is 12. The summed E-state index contributed by atoms with van der Waals surface area (Å²) >= 11 is 0. The van der Waals surface area contributed by atoms with E-state index in [-0.39, 0.29) is 31.0 Å². The lowest BCUT2D eigenvalue weighted by Crippen LogP contribution is -2.60. The zero-order valence-corrected chi connectivity index (χ0v) is 55.2. The molecule has 488 valence electrons. The maximum Gasteiger partial charge on any atom is 0.472 e. The van der Waals surface area contributed by atoms with Gasteiger partial charge >= 0.3 is 19.8 Å². The Morgan fingerprint density at radius 2 is 1.23 bits per heavy atom. The SMILES string of the molecule is CCCCCCCC/C=C/CCCCCCCC(=O)O[C@H](COC(=O)CCCCCCCCCCCCCCC)COP(=O)(O)OC[C@H]1O[C@H](O[C@H]2CC[C@@]3(C)C(=CC[C@H]4[C@@H]5CC[C@H]([C@H](C)CCCC(C)C)[C@@]5(C)CC[C@@H]43)C2)[C@H](O)[C@@H](O)[C@@H]1O. The van der Waals surface area contributed by atoms with Gasteiger partial charge in [0.05, 0.1) is 19.3 Å². The number of hydrogen-bond donors (Lipinski definition) is 4. The van der Waals surface area contributed by atoms with Crippen LogP contribution in [0.1, 0.15) is 299 Å². The molecule has 4 aliphatic carbocycles. The van der Waals surface area contributed by atoms with E-state index >= 15 is 0 Å². The standard InChI is InChI=1S/C70H125O13P/c1-8-10-12-14-16-18-20-22-23-25-27-29-31-33-35-40-64(72)81-57(50-78-63(71)39-34-32-30-28-26-24-21-19-17-15-13-11-9-2)51-79-84(76,77)80-52-62-65(73)66(74)67(75)68(83-62)82-56-45-47-69(6)55(49-56)41-42-58-60-44-43-59(54(5)38-36-37-53(3)4)70(60,7)48-46-61(58)69/h22-23,41,53-54,56-62,65-68,73-75H,8-21,24-40,42-52H2,1-7H3,(H,76,77)/b23-22+/t54-,56+,57-,58+,59-,60+,61+,62-,65-,66+,67-,68+,69+,70-/m1/s1. The number of fused-ring (bicyclic) bond motifs is 5. The van der Waals surface area contributed by atoms with Crippen LogP contribution in [-0.2, 0) is 42.1 Å². The third kappa shape index (κ3) is 24.6. The van der Waals surface area contributed by atoms with E-state index in [9.17, 15) is 34.4 Å². The fourth-order valence-electron chi connectivity index (χ4n) is 15.8. The summed E-state index contributed by atoms with van der Waals surface area (Å²) in [6.45, 7) is 15.1. The maximum absolute atomic E-state index is 13.4. The minimum absolute atomic E-state index is 0.0695. The van der Waals surface area contributed by atoms with Crippen molar-refractivity contribution in [1.82, 2.24) is 0 Å². The molecule has 1 unspecified atom stereocenters.